The van der Waals surface area contributed by atoms with E-state index in [-0.39, 0.29) is 19.0 Å². The number of hydrogen-bond donors (Lipinski definition) is 1. The first-order valence-corrected chi connectivity index (χ1v) is 8.12. The zero-order valence-electron chi connectivity index (χ0n) is 13.7. The fourth-order valence-corrected chi connectivity index (χ4v) is 3.13. The number of nitrogens with zero attached hydrogens (tertiary/aromatic N) is 1. The summed E-state index contributed by atoms with van der Waals surface area (Å²) in [6.07, 6.45) is -0.0810. The molecule has 128 valence electrons. The van der Waals surface area contributed by atoms with Crippen LogP contribution in [0.2, 0.25) is 0 Å². The smallest absolute Gasteiger partial charge is 0.231 e. The molecular weight excluding hydrogens is 298 g/mol. The maximum absolute atomic E-state index is 10.2. The van der Waals surface area contributed by atoms with Crippen molar-refractivity contribution in [3.05, 3.63) is 23.8 Å². The lowest BCUT2D eigenvalue weighted by Gasteiger charge is -2.36. The lowest BCUT2D eigenvalue weighted by Crippen LogP contribution is -2.48. The number of ether oxygens (including phenoxy) is 4. The molecule has 6 heteroatoms. The van der Waals surface area contributed by atoms with Crippen molar-refractivity contribution >= 4 is 0 Å². The molecule has 2 heterocycles. The van der Waals surface area contributed by atoms with Crippen LogP contribution in [0.25, 0.3) is 0 Å². The SMILES string of the molecule is C[C@@H]1CN(C[C@@H](O)COCc2ccc3c(c2)OCO3)C[C@H](C)O1. The van der Waals surface area contributed by atoms with Gasteiger partial charge in [0.25, 0.3) is 0 Å². The van der Waals surface area contributed by atoms with E-state index in [2.05, 4.69) is 18.7 Å². The zero-order valence-corrected chi connectivity index (χ0v) is 13.7. The van der Waals surface area contributed by atoms with Crippen LogP contribution in [-0.4, -0.2) is 61.4 Å². The number of fused-ring (bicyclic) bond motifs is 1. The molecule has 1 N–H and O–H groups in total. The van der Waals surface area contributed by atoms with Gasteiger partial charge in [-0.3, -0.25) is 4.90 Å². The van der Waals surface area contributed by atoms with E-state index in [1.54, 1.807) is 0 Å². The van der Waals surface area contributed by atoms with Gasteiger partial charge in [0.15, 0.2) is 11.5 Å². The van der Waals surface area contributed by atoms with Gasteiger partial charge in [-0.1, -0.05) is 6.07 Å². The fourth-order valence-electron chi connectivity index (χ4n) is 3.13. The van der Waals surface area contributed by atoms with Crippen molar-refractivity contribution in [1.82, 2.24) is 4.90 Å². The summed E-state index contributed by atoms with van der Waals surface area (Å²) in [6, 6.07) is 5.75. The molecule has 0 bridgehead atoms. The Morgan fingerprint density at radius 3 is 2.74 bits per heavy atom. The molecule has 0 spiro atoms. The minimum absolute atomic E-state index is 0.209. The topological polar surface area (TPSA) is 60.4 Å². The highest BCUT2D eigenvalue weighted by atomic mass is 16.7. The van der Waals surface area contributed by atoms with Crippen LogP contribution >= 0.6 is 0 Å². The minimum Gasteiger partial charge on any atom is -0.454 e. The molecule has 1 aromatic rings. The van der Waals surface area contributed by atoms with Crippen molar-refractivity contribution in [1.29, 1.82) is 0 Å². The molecular formula is C17H25NO5. The van der Waals surface area contributed by atoms with E-state index in [9.17, 15) is 5.11 Å². The molecule has 0 aromatic heterocycles. The molecule has 0 radical (unpaired) electrons. The van der Waals surface area contributed by atoms with E-state index in [0.29, 0.717) is 19.8 Å². The number of aliphatic hydroxyl groups excluding tert-OH is 1. The second-order valence-electron chi connectivity index (χ2n) is 6.33. The highest BCUT2D eigenvalue weighted by Gasteiger charge is 2.23. The number of aliphatic hydroxyl groups is 1. The molecule has 1 fully saturated rings. The molecule has 0 unspecified atom stereocenters. The number of β-amino-alcohol motifs (C(OH)–C–C–N with tert-alkyl or cyclic N) is 1. The van der Waals surface area contributed by atoms with Crippen LogP contribution in [0.3, 0.4) is 0 Å². The zero-order chi connectivity index (χ0) is 16.2. The molecule has 1 aromatic carbocycles. The van der Waals surface area contributed by atoms with Crippen molar-refractivity contribution in [2.24, 2.45) is 0 Å². The Labute approximate surface area is 136 Å². The van der Waals surface area contributed by atoms with Crippen LogP contribution in [0.4, 0.5) is 0 Å². The summed E-state index contributed by atoms with van der Waals surface area (Å²) in [5, 5.41) is 10.2. The van der Waals surface area contributed by atoms with Gasteiger partial charge in [0, 0.05) is 19.6 Å². The summed E-state index contributed by atoms with van der Waals surface area (Å²) in [4.78, 5) is 2.23. The van der Waals surface area contributed by atoms with Crippen LogP contribution in [0, 0.1) is 0 Å². The lowest BCUT2D eigenvalue weighted by molar-refractivity contribution is -0.0826. The second-order valence-corrected chi connectivity index (χ2v) is 6.33. The van der Waals surface area contributed by atoms with Gasteiger partial charge in [-0.15, -0.1) is 0 Å². The van der Waals surface area contributed by atoms with E-state index >= 15 is 0 Å². The number of rotatable bonds is 6. The molecule has 3 atom stereocenters. The van der Waals surface area contributed by atoms with E-state index in [4.69, 9.17) is 18.9 Å². The number of hydrogen-bond acceptors (Lipinski definition) is 6. The first-order chi connectivity index (χ1) is 11.1. The monoisotopic (exact) mass is 323 g/mol. The van der Waals surface area contributed by atoms with Crippen molar-refractivity contribution in [2.75, 3.05) is 33.0 Å². The number of morpholine rings is 1. The maximum Gasteiger partial charge on any atom is 0.231 e. The summed E-state index contributed by atoms with van der Waals surface area (Å²) in [6.45, 7) is 7.47. The van der Waals surface area contributed by atoms with E-state index in [0.717, 1.165) is 30.2 Å². The Morgan fingerprint density at radius 1 is 1.22 bits per heavy atom. The minimum atomic E-state index is -0.499. The summed E-state index contributed by atoms with van der Waals surface area (Å²) in [7, 11) is 0. The fraction of sp³-hybridized carbons (Fsp3) is 0.647. The van der Waals surface area contributed by atoms with Gasteiger partial charge in [0.2, 0.25) is 6.79 Å². The average Bonchev–Trinajstić information content (AvgIpc) is 2.93. The van der Waals surface area contributed by atoms with Gasteiger partial charge >= 0.3 is 0 Å². The second kappa shape index (κ2) is 7.49. The molecule has 0 aliphatic carbocycles. The number of benzene rings is 1. The Bertz CT molecular complexity index is 514. The molecule has 3 rings (SSSR count). The van der Waals surface area contributed by atoms with Gasteiger partial charge < -0.3 is 24.1 Å². The van der Waals surface area contributed by atoms with Crippen LogP contribution in [0.1, 0.15) is 19.4 Å². The van der Waals surface area contributed by atoms with Crippen LogP contribution < -0.4 is 9.47 Å². The molecule has 1 saturated heterocycles. The Kier molecular flexibility index (Phi) is 5.38. The van der Waals surface area contributed by atoms with Crippen LogP contribution in [0.5, 0.6) is 11.5 Å². The van der Waals surface area contributed by atoms with Gasteiger partial charge in [-0.05, 0) is 31.5 Å². The first-order valence-electron chi connectivity index (χ1n) is 8.12. The Morgan fingerprint density at radius 2 is 1.96 bits per heavy atom. The Balaban J connectivity index is 1.40. The van der Waals surface area contributed by atoms with Crippen LogP contribution in [0.15, 0.2) is 18.2 Å². The summed E-state index contributed by atoms with van der Waals surface area (Å²) in [5.41, 5.74) is 1.01. The van der Waals surface area contributed by atoms with Crippen molar-refractivity contribution < 1.29 is 24.1 Å². The lowest BCUT2D eigenvalue weighted by atomic mass is 10.2. The summed E-state index contributed by atoms with van der Waals surface area (Å²) in [5.74, 6) is 1.52. The summed E-state index contributed by atoms with van der Waals surface area (Å²) >= 11 is 0. The molecule has 0 amide bonds. The standard InChI is InChI=1S/C17H25NO5/c1-12-6-18(7-13(2)23-12)8-15(19)10-20-9-14-3-4-16-17(5-14)22-11-21-16/h3-5,12-13,15,19H,6-11H2,1-2H3/t12-,13+,15-/m1/s1. The van der Waals surface area contributed by atoms with E-state index in [1.165, 1.54) is 0 Å². The molecule has 2 aliphatic heterocycles. The predicted molar refractivity (Wildman–Crippen MR) is 84.7 cm³/mol. The largest absolute Gasteiger partial charge is 0.454 e. The van der Waals surface area contributed by atoms with Crippen LogP contribution in [-0.2, 0) is 16.1 Å². The van der Waals surface area contributed by atoms with Gasteiger partial charge in [-0.25, -0.2) is 0 Å². The summed E-state index contributed by atoms with van der Waals surface area (Å²) < 4.78 is 21.9. The van der Waals surface area contributed by atoms with E-state index in [1.807, 2.05) is 18.2 Å². The molecule has 23 heavy (non-hydrogen) atoms. The van der Waals surface area contributed by atoms with Crippen molar-refractivity contribution in [2.45, 2.75) is 38.8 Å². The first kappa shape index (κ1) is 16.5. The quantitative estimate of drug-likeness (QED) is 0.854. The molecule has 2 aliphatic rings. The molecule has 6 nitrogen and oxygen atoms in total. The van der Waals surface area contributed by atoms with Crippen molar-refractivity contribution in [3.8, 4) is 11.5 Å². The van der Waals surface area contributed by atoms with Crippen molar-refractivity contribution in [3.63, 3.8) is 0 Å². The maximum atomic E-state index is 10.2. The highest BCUT2D eigenvalue weighted by molar-refractivity contribution is 5.44. The normalized spacial score (nSPS) is 25.5. The third-order valence-corrected chi connectivity index (χ3v) is 3.98. The van der Waals surface area contributed by atoms with Gasteiger partial charge in [-0.2, -0.15) is 0 Å². The highest BCUT2D eigenvalue weighted by Crippen LogP contribution is 2.32. The van der Waals surface area contributed by atoms with Gasteiger partial charge in [0.1, 0.15) is 0 Å². The average molecular weight is 323 g/mol. The third-order valence-electron chi connectivity index (χ3n) is 3.98. The van der Waals surface area contributed by atoms with E-state index < -0.39 is 6.10 Å². The third kappa shape index (κ3) is 4.57. The predicted octanol–water partition coefficient (Wildman–Crippen LogP) is 1.40. The van der Waals surface area contributed by atoms with Gasteiger partial charge in [0.05, 0.1) is 31.5 Å². The Hall–Kier alpha value is -1.34. The molecule has 0 saturated carbocycles.